The molecule has 0 atom stereocenters. The van der Waals surface area contributed by atoms with Crippen LogP contribution in [0.1, 0.15) is 18.1 Å². The molecular formula is C20H16ClF3O4S2. The van der Waals surface area contributed by atoms with Crippen molar-refractivity contribution >= 4 is 51.0 Å². The Balaban J connectivity index is 1.80. The van der Waals surface area contributed by atoms with Crippen LogP contribution >= 0.6 is 35.0 Å². The van der Waals surface area contributed by atoms with Crippen LogP contribution in [0, 0.1) is 0 Å². The number of hydrogen-bond acceptors (Lipinski definition) is 6. The van der Waals surface area contributed by atoms with Gasteiger partial charge in [0.25, 0.3) is 0 Å². The highest BCUT2D eigenvalue weighted by molar-refractivity contribution is 7.95. The Hall–Kier alpha value is -2.10. The van der Waals surface area contributed by atoms with E-state index in [1.807, 2.05) is 0 Å². The molecule has 0 radical (unpaired) electrons. The summed E-state index contributed by atoms with van der Waals surface area (Å²) in [4.78, 5) is 11.8. The fourth-order valence-corrected chi connectivity index (χ4v) is 4.24. The molecule has 30 heavy (non-hydrogen) atoms. The molecule has 2 aromatic carbocycles. The van der Waals surface area contributed by atoms with Crippen molar-refractivity contribution in [1.82, 2.24) is 0 Å². The van der Waals surface area contributed by atoms with Gasteiger partial charge in [0.2, 0.25) is 0 Å². The lowest BCUT2D eigenvalue weighted by Gasteiger charge is -2.13. The van der Waals surface area contributed by atoms with Gasteiger partial charge >= 0.3 is 11.5 Å². The maximum atomic E-state index is 12.6. The van der Waals surface area contributed by atoms with Crippen molar-refractivity contribution in [3.63, 3.8) is 0 Å². The Labute approximate surface area is 184 Å². The molecule has 160 valence electrons. The number of hydrogen-bond donors (Lipinski definition) is 0. The van der Waals surface area contributed by atoms with Gasteiger partial charge in [-0.15, -0.1) is 11.3 Å². The molecule has 10 heteroatoms. The number of para-hydroxylation sites is 1. The van der Waals surface area contributed by atoms with Gasteiger partial charge in [0.1, 0.15) is 18.1 Å². The summed E-state index contributed by atoms with van der Waals surface area (Å²) in [6, 6.07) is 11.8. The van der Waals surface area contributed by atoms with E-state index in [0.717, 1.165) is 0 Å². The van der Waals surface area contributed by atoms with Gasteiger partial charge in [-0.25, -0.2) is 0 Å². The molecule has 0 saturated heterocycles. The molecule has 0 aliphatic rings. The summed E-state index contributed by atoms with van der Waals surface area (Å²) in [5, 5.41) is 0.494. The van der Waals surface area contributed by atoms with E-state index < -0.39 is 17.6 Å². The first-order valence-electron chi connectivity index (χ1n) is 8.76. The maximum absolute atomic E-state index is 12.6. The van der Waals surface area contributed by atoms with Crippen LogP contribution in [0.4, 0.5) is 13.2 Å². The van der Waals surface area contributed by atoms with Crippen LogP contribution in [0.5, 0.6) is 11.5 Å². The summed E-state index contributed by atoms with van der Waals surface area (Å²) in [5.74, 6) is 0.168. The van der Waals surface area contributed by atoms with Crippen LogP contribution in [0.25, 0.3) is 10.1 Å². The second-order valence-corrected chi connectivity index (χ2v) is 8.56. The number of alkyl halides is 3. The molecule has 0 N–H and O–H groups in total. The number of carbonyl (C=O) groups excluding carboxylic acids is 1. The van der Waals surface area contributed by atoms with E-state index in [-0.39, 0.29) is 31.4 Å². The van der Waals surface area contributed by atoms with Crippen molar-refractivity contribution in [2.45, 2.75) is 25.5 Å². The predicted molar refractivity (Wildman–Crippen MR) is 112 cm³/mol. The first-order chi connectivity index (χ1) is 14.2. The Kier molecular flexibility index (Phi) is 7.38. The monoisotopic (exact) mass is 476 g/mol. The van der Waals surface area contributed by atoms with Crippen molar-refractivity contribution < 1.29 is 31.6 Å². The predicted octanol–water partition coefficient (Wildman–Crippen LogP) is 6.79. The highest BCUT2D eigenvalue weighted by Crippen LogP contribution is 2.40. The zero-order chi connectivity index (χ0) is 21.7. The van der Waals surface area contributed by atoms with Gasteiger partial charge in [0, 0.05) is 15.6 Å². The maximum Gasteiger partial charge on any atom is 0.479 e. The summed E-state index contributed by atoms with van der Waals surface area (Å²) in [5.41, 5.74) is -3.28. The average Bonchev–Trinajstić information content (AvgIpc) is 3.05. The molecule has 0 aliphatic carbocycles. The fourth-order valence-electron chi connectivity index (χ4n) is 2.69. The van der Waals surface area contributed by atoms with Gasteiger partial charge in [-0.1, -0.05) is 29.8 Å². The van der Waals surface area contributed by atoms with E-state index in [9.17, 15) is 18.0 Å². The minimum atomic E-state index is -4.54. The number of rotatable bonds is 8. The van der Waals surface area contributed by atoms with Crippen LogP contribution in [0.15, 0.2) is 42.5 Å². The minimum absolute atomic E-state index is 0.0522. The molecule has 0 amide bonds. The summed E-state index contributed by atoms with van der Waals surface area (Å²) >= 11 is 6.67. The van der Waals surface area contributed by atoms with Crippen LogP contribution < -0.4 is 8.92 Å². The first-order valence-corrected chi connectivity index (χ1v) is 10.7. The number of carbonyl (C=O) groups is 1. The quantitative estimate of drug-likeness (QED) is 0.264. The molecular weight excluding hydrogens is 461 g/mol. The number of halogens is 4. The summed E-state index contributed by atoms with van der Waals surface area (Å²) in [7, 11) is 0. The van der Waals surface area contributed by atoms with Gasteiger partial charge in [-0.3, -0.25) is 4.79 Å². The summed E-state index contributed by atoms with van der Waals surface area (Å²) < 4.78 is 54.6. The molecule has 0 aliphatic heterocycles. The molecule has 0 bridgehead atoms. The highest BCUT2D eigenvalue weighted by Gasteiger charge is 2.32. The lowest BCUT2D eigenvalue weighted by atomic mass is 10.1. The van der Waals surface area contributed by atoms with Crippen molar-refractivity contribution in [1.29, 1.82) is 0 Å². The molecule has 4 nitrogen and oxygen atoms in total. The van der Waals surface area contributed by atoms with Gasteiger partial charge in [-0.2, -0.15) is 13.2 Å². The fraction of sp³-hybridized carbons (Fsp3) is 0.250. The lowest BCUT2D eigenvalue weighted by molar-refractivity contribution is -0.142. The Morgan fingerprint density at radius 1 is 1.17 bits per heavy atom. The Morgan fingerprint density at radius 3 is 2.67 bits per heavy atom. The molecule has 1 aromatic heterocycles. The molecule has 0 unspecified atom stereocenters. The molecule has 0 saturated carbocycles. The van der Waals surface area contributed by atoms with Crippen molar-refractivity contribution in [2.75, 3.05) is 6.61 Å². The number of thiophene rings is 1. The topological polar surface area (TPSA) is 44.8 Å². The summed E-state index contributed by atoms with van der Waals surface area (Å²) in [6.45, 7) is 2.08. The van der Waals surface area contributed by atoms with Crippen LogP contribution in [-0.2, 0) is 22.6 Å². The van der Waals surface area contributed by atoms with E-state index in [4.69, 9.17) is 25.3 Å². The number of esters is 1. The standard InChI is InChI=1S/C20H16ClF3O4S2/c1-2-26-19(25)9-13-5-3-4-6-15(13)27-11-12-7-16(28-30-20(22,23)24)14-10-18(21)29-17(14)8-12/h3-8,10H,2,9,11H2,1H3. The third-order valence-corrected chi connectivity index (χ3v) is 5.53. The number of ether oxygens (including phenoxy) is 2. The Morgan fingerprint density at radius 2 is 1.93 bits per heavy atom. The summed E-state index contributed by atoms with van der Waals surface area (Å²) in [6.07, 6.45) is 0.0557. The molecule has 0 spiro atoms. The lowest BCUT2D eigenvalue weighted by Crippen LogP contribution is -2.09. The number of fused-ring (bicyclic) bond motifs is 1. The van der Waals surface area contributed by atoms with Crippen molar-refractivity contribution in [2.24, 2.45) is 0 Å². The van der Waals surface area contributed by atoms with Crippen LogP contribution in [-0.4, -0.2) is 18.1 Å². The van der Waals surface area contributed by atoms with E-state index in [2.05, 4.69) is 0 Å². The van der Waals surface area contributed by atoms with Crippen molar-refractivity contribution in [3.8, 4) is 11.5 Å². The third kappa shape index (κ3) is 6.20. The first kappa shape index (κ1) is 22.6. The zero-order valence-electron chi connectivity index (χ0n) is 15.6. The van der Waals surface area contributed by atoms with E-state index in [1.54, 1.807) is 43.3 Å². The molecule has 0 fully saturated rings. The zero-order valence-corrected chi connectivity index (χ0v) is 18.0. The van der Waals surface area contributed by atoms with Crippen molar-refractivity contribution in [3.05, 3.63) is 57.9 Å². The molecule has 3 aromatic rings. The highest BCUT2D eigenvalue weighted by atomic mass is 35.5. The smallest absolute Gasteiger partial charge is 0.479 e. The molecule has 3 rings (SSSR count). The average molecular weight is 477 g/mol. The number of benzene rings is 2. The third-order valence-electron chi connectivity index (χ3n) is 3.86. The van der Waals surface area contributed by atoms with E-state index in [0.29, 0.717) is 31.3 Å². The van der Waals surface area contributed by atoms with E-state index in [1.165, 1.54) is 17.4 Å². The SMILES string of the molecule is CCOC(=O)Cc1ccccc1OCc1cc(OSC(F)(F)F)c2cc(Cl)sc2c1. The van der Waals surface area contributed by atoms with Gasteiger partial charge in [-0.05, 0) is 36.8 Å². The normalized spacial score (nSPS) is 11.5. The Bertz CT molecular complexity index is 1040. The van der Waals surface area contributed by atoms with Crippen LogP contribution in [0.2, 0.25) is 4.34 Å². The van der Waals surface area contributed by atoms with Gasteiger partial charge in [0.15, 0.2) is 12.0 Å². The minimum Gasteiger partial charge on any atom is -0.489 e. The van der Waals surface area contributed by atoms with Gasteiger partial charge in [0.05, 0.1) is 17.4 Å². The second kappa shape index (κ2) is 9.80. The molecule has 1 heterocycles. The largest absolute Gasteiger partial charge is 0.489 e. The van der Waals surface area contributed by atoms with Gasteiger partial charge < -0.3 is 13.7 Å². The second-order valence-electron chi connectivity index (χ2n) is 6.05. The van der Waals surface area contributed by atoms with E-state index >= 15 is 0 Å². The van der Waals surface area contributed by atoms with Crippen LogP contribution in [0.3, 0.4) is 0 Å².